The van der Waals surface area contributed by atoms with Crippen LogP contribution in [0, 0.1) is 5.92 Å². The highest BCUT2D eigenvalue weighted by atomic mass is 16.4. The van der Waals surface area contributed by atoms with Gasteiger partial charge in [-0.25, -0.2) is 4.79 Å². The van der Waals surface area contributed by atoms with Crippen molar-refractivity contribution in [1.29, 1.82) is 0 Å². The Morgan fingerprint density at radius 1 is 1.37 bits per heavy atom. The number of nitrogens with zero attached hydrogens (tertiary/aromatic N) is 1. The minimum absolute atomic E-state index is 0.187. The van der Waals surface area contributed by atoms with Crippen LogP contribution in [-0.2, 0) is 4.79 Å². The van der Waals surface area contributed by atoms with Crippen molar-refractivity contribution >= 4 is 11.9 Å². The van der Waals surface area contributed by atoms with Gasteiger partial charge in [0.15, 0.2) is 0 Å². The molecular formula is C13H21N3O3. The summed E-state index contributed by atoms with van der Waals surface area (Å²) in [5.41, 5.74) is 1.07. The van der Waals surface area contributed by atoms with E-state index in [0.29, 0.717) is 6.42 Å². The van der Waals surface area contributed by atoms with E-state index in [-0.39, 0.29) is 17.5 Å². The van der Waals surface area contributed by atoms with Crippen molar-refractivity contribution in [1.82, 2.24) is 15.5 Å². The SMILES string of the molecule is CC(C)C[C@@H](NC(=O)c1cc(C(C)C)[nH]n1)C(=O)O. The van der Waals surface area contributed by atoms with Gasteiger partial charge in [-0.2, -0.15) is 5.10 Å². The number of hydrogen-bond acceptors (Lipinski definition) is 3. The largest absolute Gasteiger partial charge is 0.480 e. The van der Waals surface area contributed by atoms with Gasteiger partial charge in [-0.05, 0) is 24.3 Å². The van der Waals surface area contributed by atoms with Gasteiger partial charge in [0, 0.05) is 5.69 Å². The summed E-state index contributed by atoms with van der Waals surface area (Å²) in [4.78, 5) is 23.0. The number of H-pyrrole nitrogens is 1. The summed E-state index contributed by atoms with van der Waals surface area (Å²) in [5, 5.41) is 18.2. The van der Waals surface area contributed by atoms with E-state index in [1.807, 2.05) is 27.7 Å². The fourth-order valence-corrected chi connectivity index (χ4v) is 1.67. The molecule has 1 aromatic heterocycles. The van der Waals surface area contributed by atoms with E-state index in [1.54, 1.807) is 6.07 Å². The fraction of sp³-hybridized carbons (Fsp3) is 0.615. The van der Waals surface area contributed by atoms with Crippen molar-refractivity contribution in [3.63, 3.8) is 0 Å². The molecule has 0 aliphatic carbocycles. The molecule has 1 amide bonds. The van der Waals surface area contributed by atoms with E-state index in [4.69, 9.17) is 5.11 Å². The monoisotopic (exact) mass is 267 g/mol. The minimum atomic E-state index is -1.03. The van der Waals surface area contributed by atoms with Gasteiger partial charge in [0.05, 0.1) is 0 Å². The van der Waals surface area contributed by atoms with Crippen LogP contribution in [0.4, 0.5) is 0 Å². The molecule has 1 atom stereocenters. The molecule has 3 N–H and O–H groups in total. The smallest absolute Gasteiger partial charge is 0.326 e. The van der Waals surface area contributed by atoms with Gasteiger partial charge in [0.2, 0.25) is 0 Å². The minimum Gasteiger partial charge on any atom is -0.480 e. The third kappa shape index (κ3) is 4.39. The number of hydrogen-bond donors (Lipinski definition) is 3. The molecule has 6 nitrogen and oxygen atoms in total. The van der Waals surface area contributed by atoms with E-state index >= 15 is 0 Å². The number of carbonyl (C=O) groups excluding carboxylic acids is 1. The first-order valence-corrected chi connectivity index (χ1v) is 6.40. The van der Waals surface area contributed by atoms with Crippen molar-refractivity contribution in [2.75, 3.05) is 0 Å². The summed E-state index contributed by atoms with van der Waals surface area (Å²) < 4.78 is 0. The van der Waals surface area contributed by atoms with Gasteiger partial charge in [0.25, 0.3) is 5.91 Å². The number of nitrogens with one attached hydrogen (secondary N) is 2. The molecule has 0 aromatic carbocycles. The summed E-state index contributed by atoms with van der Waals surface area (Å²) in [6.07, 6.45) is 0.391. The molecular weight excluding hydrogens is 246 g/mol. The van der Waals surface area contributed by atoms with Crippen molar-refractivity contribution in [2.45, 2.75) is 46.1 Å². The highest BCUT2D eigenvalue weighted by Gasteiger charge is 2.23. The topological polar surface area (TPSA) is 95.1 Å². The molecule has 19 heavy (non-hydrogen) atoms. The molecule has 6 heteroatoms. The van der Waals surface area contributed by atoms with Crippen molar-refractivity contribution in [2.24, 2.45) is 5.92 Å². The van der Waals surface area contributed by atoms with Crippen LogP contribution in [0.15, 0.2) is 6.07 Å². The second-order valence-electron chi connectivity index (χ2n) is 5.36. The zero-order valence-electron chi connectivity index (χ0n) is 11.7. The maximum atomic E-state index is 11.9. The third-order valence-corrected chi connectivity index (χ3v) is 2.76. The molecule has 0 unspecified atom stereocenters. The quantitative estimate of drug-likeness (QED) is 0.732. The van der Waals surface area contributed by atoms with Crippen molar-refractivity contribution < 1.29 is 14.7 Å². The Bertz CT molecular complexity index is 452. The van der Waals surface area contributed by atoms with Gasteiger partial charge >= 0.3 is 5.97 Å². The zero-order valence-corrected chi connectivity index (χ0v) is 11.7. The number of carboxylic acid groups (broad SMARTS) is 1. The van der Waals surface area contributed by atoms with E-state index in [9.17, 15) is 9.59 Å². The number of rotatable bonds is 6. The number of carboxylic acids is 1. The Hall–Kier alpha value is -1.85. The molecule has 0 aliphatic rings. The highest BCUT2D eigenvalue weighted by molar-refractivity contribution is 5.95. The second-order valence-corrected chi connectivity index (χ2v) is 5.36. The van der Waals surface area contributed by atoms with Crippen molar-refractivity contribution in [3.8, 4) is 0 Å². The Labute approximate surface area is 112 Å². The maximum absolute atomic E-state index is 11.9. The average Bonchev–Trinajstić information content (AvgIpc) is 2.76. The van der Waals surface area contributed by atoms with Crippen LogP contribution in [0.2, 0.25) is 0 Å². The first-order chi connectivity index (χ1) is 8.81. The summed E-state index contributed by atoms with van der Waals surface area (Å²) in [7, 11) is 0. The van der Waals surface area contributed by atoms with Crippen LogP contribution in [0.3, 0.4) is 0 Å². The fourth-order valence-electron chi connectivity index (χ4n) is 1.67. The number of amides is 1. The Balaban J connectivity index is 2.73. The molecule has 106 valence electrons. The standard InChI is InChI=1S/C13H21N3O3/c1-7(2)5-11(13(18)19)14-12(17)10-6-9(8(3)4)15-16-10/h6-8,11H,5H2,1-4H3,(H,14,17)(H,15,16)(H,18,19)/t11-/m1/s1. The van der Waals surface area contributed by atoms with Crippen LogP contribution in [0.5, 0.6) is 0 Å². The molecule has 0 bridgehead atoms. The van der Waals surface area contributed by atoms with Crippen LogP contribution in [0.25, 0.3) is 0 Å². The lowest BCUT2D eigenvalue weighted by Crippen LogP contribution is -2.41. The molecule has 0 aliphatic heterocycles. The summed E-state index contributed by atoms with van der Waals surface area (Å²) in [6.45, 7) is 7.78. The number of carbonyl (C=O) groups is 2. The lowest BCUT2D eigenvalue weighted by atomic mass is 10.0. The van der Waals surface area contributed by atoms with Gasteiger partial charge < -0.3 is 10.4 Å². The van der Waals surface area contributed by atoms with E-state index in [1.165, 1.54) is 0 Å². The first-order valence-electron chi connectivity index (χ1n) is 6.40. The van der Waals surface area contributed by atoms with Crippen LogP contribution in [0.1, 0.15) is 56.2 Å². The van der Waals surface area contributed by atoms with E-state index < -0.39 is 17.9 Å². The molecule has 0 saturated carbocycles. The van der Waals surface area contributed by atoms with Gasteiger partial charge in [-0.15, -0.1) is 0 Å². The Morgan fingerprint density at radius 2 is 2.00 bits per heavy atom. The van der Waals surface area contributed by atoms with Gasteiger partial charge in [0.1, 0.15) is 11.7 Å². The summed E-state index contributed by atoms with van der Waals surface area (Å²) >= 11 is 0. The van der Waals surface area contributed by atoms with Crippen LogP contribution < -0.4 is 5.32 Å². The molecule has 1 heterocycles. The zero-order chi connectivity index (χ0) is 14.6. The molecule has 1 aromatic rings. The summed E-state index contributed by atoms with van der Waals surface area (Å²) in [6, 6.07) is 0.764. The van der Waals surface area contributed by atoms with Crippen LogP contribution in [-0.4, -0.2) is 33.2 Å². The number of aromatic nitrogens is 2. The lowest BCUT2D eigenvalue weighted by molar-refractivity contribution is -0.139. The van der Waals surface area contributed by atoms with E-state index in [2.05, 4.69) is 15.5 Å². The van der Waals surface area contributed by atoms with E-state index in [0.717, 1.165) is 5.69 Å². The Morgan fingerprint density at radius 3 is 2.42 bits per heavy atom. The van der Waals surface area contributed by atoms with Crippen molar-refractivity contribution in [3.05, 3.63) is 17.5 Å². The van der Waals surface area contributed by atoms with Crippen LogP contribution >= 0.6 is 0 Å². The first kappa shape index (κ1) is 15.2. The van der Waals surface area contributed by atoms with Gasteiger partial charge in [-0.3, -0.25) is 9.89 Å². The molecule has 1 rings (SSSR count). The normalized spacial score (nSPS) is 12.7. The number of aromatic amines is 1. The number of aliphatic carboxylic acids is 1. The second kappa shape index (κ2) is 6.36. The lowest BCUT2D eigenvalue weighted by Gasteiger charge is -2.15. The third-order valence-electron chi connectivity index (χ3n) is 2.76. The molecule has 0 fully saturated rings. The Kier molecular flexibility index (Phi) is 5.09. The molecule has 0 radical (unpaired) electrons. The predicted octanol–water partition coefficient (Wildman–Crippen LogP) is 1.76. The molecule has 0 spiro atoms. The summed E-state index contributed by atoms with van der Waals surface area (Å²) in [5.74, 6) is -1.07. The molecule has 0 saturated heterocycles. The predicted molar refractivity (Wildman–Crippen MR) is 71.0 cm³/mol. The maximum Gasteiger partial charge on any atom is 0.326 e. The average molecular weight is 267 g/mol. The highest BCUT2D eigenvalue weighted by Crippen LogP contribution is 2.12. The van der Waals surface area contributed by atoms with Gasteiger partial charge in [-0.1, -0.05) is 27.7 Å².